The van der Waals surface area contributed by atoms with Crippen molar-refractivity contribution in [1.29, 1.82) is 0 Å². The summed E-state index contributed by atoms with van der Waals surface area (Å²) in [6.45, 7) is 3.01. The number of aliphatic carboxylic acids is 1. The average Bonchev–Trinajstić information content (AvgIpc) is 3.47. The minimum Gasteiger partial charge on any atom is -0.480 e. The molecule has 6 heteroatoms. The van der Waals surface area contributed by atoms with Crippen LogP contribution in [0.1, 0.15) is 37.7 Å². The zero-order valence-electron chi connectivity index (χ0n) is 16.2. The van der Waals surface area contributed by atoms with Crippen molar-refractivity contribution in [2.45, 2.75) is 50.7 Å². The molecule has 1 aromatic carbocycles. The predicted molar refractivity (Wildman–Crippen MR) is 104 cm³/mol. The van der Waals surface area contributed by atoms with Gasteiger partial charge in [0.15, 0.2) is 0 Å². The fourth-order valence-electron chi connectivity index (χ4n) is 3.95. The van der Waals surface area contributed by atoms with E-state index in [0.717, 1.165) is 45.2 Å². The topological polar surface area (TPSA) is 64.1 Å². The molecule has 2 aliphatic rings. The molecule has 1 amide bonds. The maximum atomic E-state index is 13.0. The Labute approximate surface area is 161 Å². The number of carboxylic acids is 1. The first kappa shape index (κ1) is 19.8. The second kappa shape index (κ2) is 9.33. The van der Waals surface area contributed by atoms with Gasteiger partial charge in [0.25, 0.3) is 0 Å². The average molecular weight is 373 g/mol. The monoisotopic (exact) mass is 373 g/mol. The summed E-state index contributed by atoms with van der Waals surface area (Å²) >= 11 is 0. The number of benzene rings is 1. The maximum absolute atomic E-state index is 13.0. The van der Waals surface area contributed by atoms with E-state index in [-0.39, 0.29) is 18.5 Å². The van der Waals surface area contributed by atoms with E-state index in [4.69, 9.17) is 5.11 Å². The van der Waals surface area contributed by atoms with Crippen LogP contribution in [0.25, 0.3) is 0 Å². The van der Waals surface area contributed by atoms with Crippen LogP contribution < -0.4 is 0 Å². The van der Waals surface area contributed by atoms with E-state index in [1.165, 1.54) is 5.56 Å². The molecular formula is C21H31N3O3. The van der Waals surface area contributed by atoms with Crippen LogP contribution in [-0.2, 0) is 16.1 Å². The Morgan fingerprint density at radius 3 is 2.48 bits per heavy atom. The minimum absolute atomic E-state index is 0.0795. The smallest absolute Gasteiger partial charge is 0.317 e. The fourth-order valence-corrected chi connectivity index (χ4v) is 3.95. The van der Waals surface area contributed by atoms with Crippen LogP contribution in [0.2, 0.25) is 0 Å². The summed E-state index contributed by atoms with van der Waals surface area (Å²) in [6.07, 6.45) is 5.13. The second-order valence-corrected chi connectivity index (χ2v) is 7.91. The van der Waals surface area contributed by atoms with Gasteiger partial charge in [0.1, 0.15) is 0 Å². The lowest BCUT2D eigenvalue weighted by Gasteiger charge is -2.28. The van der Waals surface area contributed by atoms with Crippen molar-refractivity contribution in [2.24, 2.45) is 0 Å². The summed E-state index contributed by atoms with van der Waals surface area (Å²) < 4.78 is 0. The lowest BCUT2D eigenvalue weighted by molar-refractivity contribution is -0.138. The van der Waals surface area contributed by atoms with E-state index >= 15 is 0 Å². The summed E-state index contributed by atoms with van der Waals surface area (Å²) in [5.74, 6) is -0.562. The molecule has 6 nitrogen and oxygen atoms in total. The Morgan fingerprint density at radius 2 is 1.81 bits per heavy atom. The summed E-state index contributed by atoms with van der Waals surface area (Å²) in [7, 11) is 1.88. The molecule has 0 radical (unpaired) electrons. The highest BCUT2D eigenvalue weighted by Crippen LogP contribution is 2.28. The van der Waals surface area contributed by atoms with Gasteiger partial charge in [-0.25, -0.2) is 0 Å². The van der Waals surface area contributed by atoms with Crippen molar-refractivity contribution in [3.05, 3.63) is 35.9 Å². The highest BCUT2D eigenvalue weighted by molar-refractivity contribution is 5.79. The lowest BCUT2D eigenvalue weighted by Crippen LogP contribution is -2.42. The van der Waals surface area contributed by atoms with Gasteiger partial charge in [-0.1, -0.05) is 30.3 Å². The van der Waals surface area contributed by atoms with Crippen LogP contribution in [0.15, 0.2) is 30.3 Å². The van der Waals surface area contributed by atoms with Crippen molar-refractivity contribution in [2.75, 3.05) is 33.2 Å². The van der Waals surface area contributed by atoms with E-state index in [1.807, 2.05) is 35.0 Å². The standard InChI is InChI=1S/C21H31N3O3/c1-22(16-21(26)27)18-8-5-12-23(13-11-18)15-20(25)24(19-9-10-19)14-17-6-3-2-4-7-17/h2-4,6-7,18-19H,5,8-16H2,1H3,(H,26,27). The van der Waals surface area contributed by atoms with Gasteiger partial charge < -0.3 is 10.0 Å². The Bertz CT molecular complexity index is 633. The quantitative estimate of drug-likeness (QED) is 0.756. The molecule has 0 spiro atoms. The molecule has 1 aliphatic heterocycles. The number of carbonyl (C=O) groups is 2. The lowest BCUT2D eigenvalue weighted by atomic mass is 10.1. The zero-order valence-corrected chi connectivity index (χ0v) is 16.2. The van der Waals surface area contributed by atoms with E-state index in [2.05, 4.69) is 17.0 Å². The van der Waals surface area contributed by atoms with Gasteiger partial charge in [-0.2, -0.15) is 0 Å². The number of amides is 1. The SMILES string of the molecule is CN(CC(=O)O)C1CCCN(CC(=O)N(Cc2ccccc2)C2CC2)CC1. The fraction of sp³-hybridized carbons (Fsp3) is 0.619. The summed E-state index contributed by atoms with van der Waals surface area (Å²) in [5, 5.41) is 8.99. The highest BCUT2D eigenvalue weighted by atomic mass is 16.4. The first-order chi connectivity index (χ1) is 13.0. The molecule has 2 fully saturated rings. The largest absolute Gasteiger partial charge is 0.480 e. The Balaban J connectivity index is 1.52. The Kier molecular flexibility index (Phi) is 6.85. The van der Waals surface area contributed by atoms with Gasteiger partial charge >= 0.3 is 5.97 Å². The highest BCUT2D eigenvalue weighted by Gasteiger charge is 2.33. The van der Waals surface area contributed by atoms with E-state index in [0.29, 0.717) is 19.1 Å². The molecular weight excluding hydrogens is 342 g/mol. The molecule has 0 bridgehead atoms. The van der Waals surface area contributed by atoms with Crippen LogP contribution in [0.5, 0.6) is 0 Å². The van der Waals surface area contributed by atoms with E-state index in [9.17, 15) is 9.59 Å². The first-order valence-electron chi connectivity index (χ1n) is 10.0. The minimum atomic E-state index is -0.783. The molecule has 1 saturated carbocycles. The molecule has 1 aliphatic carbocycles. The van der Waals surface area contributed by atoms with Gasteiger partial charge in [0.2, 0.25) is 5.91 Å². The second-order valence-electron chi connectivity index (χ2n) is 7.91. The van der Waals surface area contributed by atoms with Crippen LogP contribution in [0.3, 0.4) is 0 Å². The molecule has 1 unspecified atom stereocenters. The number of hydrogen-bond acceptors (Lipinski definition) is 4. The number of likely N-dealkylation sites (N-methyl/N-ethyl adjacent to an activating group) is 1. The van der Waals surface area contributed by atoms with Crippen molar-refractivity contribution in [1.82, 2.24) is 14.7 Å². The Morgan fingerprint density at radius 1 is 1.07 bits per heavy atom. The van der Waals surface area contributed by atoms with Gasteiger partial charge in [-0.05, 0) is 51.3 Å². The summed E-state index contributed by atoms with van der Waals surface area (Å²) in [4.78, 5) is 30.1. The molecule has 1 aromatic rings. The van der Waals surface area contributed by atoms with Gasteiger partial charge in [0, 0.05) is 25.2 Å². The number of nitrogens with zero attached hydrogens (tertiary/aromatic N) is 3. The number of likely N-dealkylation sites (tertiary alicyclic amines) is 1. The van der Waals surface area contributed by atoms with E-state index < -0.39 is 5.97 Å². The Hall–Kier alpha value is -1.92. The van der Waals surface area contributed by atoms with E-state index in [1.54, 1.807) is 0 Å². The molecule has 3 rings (SSSR count). The van der Waals surface area contributed by atoms with Gasteiger partial charge in [0.05, 0.1) is 13.1 Å². The first-order valence-corrected chi connectivity index (χ1v) is 10.0. The molecule has 0 aromatic heterocycles. The van der Waals surface area contributed by atoms with Crippen molar-refractivity contribution in [3.63, 3.8) is 0 Å². The number of carbonyl (C=O) groups excluding carboxylic acids is 1. The molecule has 27 heavy (non-hydrogen) atoms. The van der Waals surface area contributed by atoms with Crippen molar-refractivity contribution < 1.29 is 14.7 Å². The summed E-state index contributed by atoms with van der Waals surface area (Å²) in [5.41, 5.74) is 1.18. The molecule has 1 atom stereocenters. The van der Waals surface area contributed by atoms with Gasteiger partial charge in [-0.15, -0.1) is 0 Å². The van der Waals surface area contributed by atoms with Crippen LogP contribution >= 0.6 is 0 Å². The van der Waals surface area contributed by atoms with Crippen LogP contribution in [0, 0.1) is 0 Å². The third kappa shape index (κ3) is 6.04. The zero-order chi connectivity index (χ0) is 19.2. The normalized spacial score (nSPS) is 21.0. The van der Waals surface area contributed by atoms with Crippen molar-refractivity contribution in [3.8, 4) is 0 Å². The van der Waals surface area contributed by atoms with Gasteiger partial charge in [-0.3, -0.25) is 19.4 Å². The summed E-state index contributed by atoms with van der Waals surface area (Å²) in [6, 6.07) is 10.9. The number of carboxylic acid groups (broad SMARTS) is 1. The van der Waals surface area contributed by atoms with Crippen LogP contribution in [0.4, 0.5) is 0 Å². The van der Waals surface area contributed by atoms with Crippen LogP contribution in [-0.4, -0.2) is 77.0 Å². The molecule has 148 valence electrons. The third-order valence-corrected chi connectivity index (χ3v) is 5.66. The number of rotatable bonds is 8. The molecule has 1 N–H and O–H groups in total. The third-order valence-electron chi connectivity index (χ3n) is 5.66. The predicted octanol–water partition coefficient (Wildman–Crippen LogP) is 2.05. The van der Waals surface area contributed by atoms with Crippen molar-refractivity contribution >= 4 is 11.9 Å². The molecule has 1 saturated heterocycles. The number of hydrogen-bond donors (Lipinski definition) is 1. The molecule has 1 heterocycles. The maximum Gasteiger partial charge on any atom is 0.317 e.